The van der Waals surface area contributed by atoms with E-state index in [9.17, 15) is 4.79 Å². The van der Waals surface area contributed by atoms with E-state index in [-0.39, 0.29) is 5.57 Å². The summed E-state index contributed by atoms with van der Waals surface area (Å²) in [5, 5.41) is 17.1. The van der Waals surface area contributed by atoms with Crippen molar-refractivity contribution in [2.75, 3.05) is 0 Å². The summed E-state index contributed by atoms with van der Waals surface area (Å²) in [5.74, 6) is -1.21. The van der Waals surface area contributed by atoms with E-state index < -0.39 is 5.97 Å². The van der Waals surface area contributed by atoms with Crippen LogP contribution in [0.2, 0.25) is 0 Å². The lowest BCUT2D eigenvalue weighted by molar-refractivity contribution is -0.132. The summed E-state index contributed by atoms with van der Waals surface area (Å²) in [6.45, 7) is 0. The van der Waals surface area contributed by atoms with Gasteiger partial charge in [0.05, 0.1) is 3.79 Å². The second-order valence-corrected chi connectivity index (χ2v) is 5.50. The van der Waals surface area contributed by atoms with Gasteiger partial charge in [-0.1, -0.05) is 0 Å². The molecule has 1 aromatic rings. The second kappa shape index (κ2) is 4.73. The van der Waals surface area contributed by atoms with E-state index in [1.165, 1.54) is 17.4 Å². The fourth-order valence-electron chi connectivity index (χ4n) is 0.719. The van der Waals surface area contributed by atoms with Crippen LogP contribution in [0.4, 0.5) is 0 Å². The number of hydrogen-bond donors (Lipinski definition) is 1. The molecule has 0 atom stereocenters. The van der Waals surface area contributed by atoms with E-state index in [0.29, 0.717) is 4.88 Å². The molecule has 0 unspecified atom stereocenters. The maximum Gasteiger partial charge on any atom is 0.346 e. The number of hydrogen-bond acceptors (Lipinski definition) is 3. The van der Waals surface area contributed by atoms with Gasteiger partial charge in [0, 0.05) is 9.35 Å². The Morgan fingerprint density at radius 2 is 2.29 bits per heavy atom. The first-order valence-corrected chi connectivity index (χ1v) is 5.74. The van der Waals surface area contributed by atoms with Crippen molar-refractivity contribution in [2.45, 2.75) is 0 Å². The van der Waals surface area contributed by atoms with Crippen LogP contribution >= 0.6 is 43.2 Å². The summed E-state index contributed by atoms with van der Waals surface area (Å²) < 4.78 is 1.71. The smallest absolute Gasteiger partial charge is 0.346 e. The van der Waals surface area contributed by atoms with E-state index in [2.05, 4.69) is 31.9 Å². The summed E-state index contributed by atoms with van der Waals surface area (Å²) >= 11 is 7.90. The first-order valence-electron chi connectivity index (χ1n) is 3.34. The van der Waals surface area contributed by atoms with Crippen molar-refractivity contribution < 1.29 is 9.90 Å². The number of carbonyl (C=O) groups is 1. The normalized spacial score (nSPS) is 11.1. The zero-order valence-electron chi connectivity index (χ0n) is 6.62. The van der Waals surface area contributed by atoms with Crippen LogP contribution < -0.4 is 0 Å². The molecule has 0 fully saturated rings. The lowest BCUT2D eigenvalue weighted by atomic mass is 10.2. The molecule has 1 heterocycles. The van der Waals surface area contributed by atoms with Crippen molar-refractivity contribution in [3.8, 4) is 6.07 Å². The van der Waals surface area contributed by atoms with Crippen LogP contribution in [-0.4, -0.2) is 11.1 Å². The van der Waals surface area contributed by atoms with E-state index >= 15 is 0 Å². The zero-order chi connectivity index (χ0) is 10.7. The predicted octanol–water partition coefficient (Wildman–Crippen LogP) is 3.26. The highest BCUT2D eigenvalue weighted by atomic mass is 79.9. The van der Waals surface area contributed by atoms with Crippen molar-refractivity contribution in [2.24, 2.45) is 0 Å². The number of nitrogens with zero attached hydrogens (tertiary/aromatic N) is 1. The number of thiophene rings is 1. The van der Waals surface area contributed by atoms with E-state index in [4.69, 9.17) is 10.4 Å². The molecule has 6 heteroatoms. The summed E-state index contributed by atoms with van der Waals surface area (Å²) in [5.41, 5.74) is -0.272. The highest BCUT2D eigenvalue weighted by Gasteiger charge is 2.08. The molecule has 0 aliphatic rings. The van der Waals surface area contributed by atoms with Crippen LogP contribution in [0.5, 0.6) is 0 Å². The minimum atomic E-state index is -1.21. The third kappa shape index (κ3) is 2.67. The summed E-state index contributed by atoms with van der Waals surface area (Å²) in [6, 6.07) is 3.36. The van der Waals surface area contributed by atoms with E-state index in [0.717, 1.165) is 8.26 Å². The Morgan fingerprint density at radius 3 is 2.64 bits per heavy atom. The number of carboxylic acids is 1. The van der Waals surface area contributed by atoms with Crippen molar-refractivity contribution in [1.82, 2.24) is 0 Å². The summed E-state index contributed by atoms with van der Waals surface area (Å²) in [6.07, 6.45) is 1.34. The maximum atomic E-state index is 10.5. The van der Waals surface area contributed by atoms with Crippen molar-refractivity contribution >= 4 is 55.2 Å². The maximum absolute atomic E-state index is 10.5. The minimum Gasteiger partial charge on any atom is -0.477 e. The van der Waals surface area contributed by atoms with Crippen LogP contribution in [-0.2, 0) is 4.79 Å². The predicted molar refractivity (Wildman–Crippen MR) is 60.9 cm³/mol. The van der Waals surface area contributed by atoms with Crippen molar-refractivity contribution in [1.29, 1.82) is 5.26 Å². The molecule has 0 aliphatic heterocycles. The van der Waals surface area contributed by atoms with Gasteiger partial charge in [-0.2, -0.15) is 5.26 Å². The molecule has 1 aromatic heterocycles. The standard InChI is InChI=1S/C8H3Br2NO2S/c9-6-2-5(14-7(6)10)1-4(3-11)8(12)13/h1-2H,(H,12,13). The molecule has 0 spiro atoms. The van der Waals surface area contributed by atoms with Crippen LogP contribution in [0.3, 0.4) is 0 Å². The lowest BCUT2D eigenvalue weighted by Crippen LogP contribution is -1.96. The molecule has 0 amide bonds. The summed E-state index contributed by atoms with van der Waals surface area (Å²) in [7, 11) is 0. The number of carboxylic acid groups (broad SMARTS) is 1. The molecule has 0 bridgehead atoms. The quantitative estimate of drug-likeness (QED) is 0.666. The molecule has 0 aliphatic carbocycles. The molecule has 0 saturated heterocycles. The minimum absolute atomic E-state index is 0.272. The third-order valence-electron chi connectivity index (χ3n) is 1.30. The highest BCUT2D eigenvalue weighted by molar-refractivity contribution is 9.13. The monoisotopic (exact) mass is 335 g/mol. The second-order valence-electron chi connectivity index (χ2n) is 2.25. The van der Waals surface area contributed by atoms with Crippen LogP contribution in [0.25, 0.3) is 6.08 Å². The number of nitriles is 1. The first-order chi connectivity index (χ1) is 6.54. The van der Waals surface area contributed by atoms with Gasteiger partial charge in [-0.25, -0.2) is 4.79 Å². The SMILES string of the molecule is N#CC(=Cc1cc(Br)c(Br)s1)C(=O)O. The van der Waals surface area contributed by atoms with E-state index in [1.54, 1.807) is 12.1 Å². The highest BCUT2D eigenvalue weighted by Crippen LogP contribution is 2.33. The van der Waals surface area contributed by atoms with Crippen molar-refractivity contribution in [3.63, 3.8) is 0 Å². The molecule has 0 saturated carbocycles. The number of aliphatic carboxylic acids is 1. The molecule has 1 N–H and O–H groups in total. The molecular formula is C8H3Br2NO2S. The first kappa shape index (κ1) is 11.4. The average molecular weight is 337 g/mol. The molecule has 0 radical (unpaired) electrons. The van der Waals surface area contributed by atoms with Gasteiger partial charge in [0.1, 0.15) is 11.6 Å². The Labute approximate surface area is 101 Å². The molecule has 3 nitrogen and oxygen atoms in total. The molecular weight excluding hydrogens is 334 g/mol. The van der Waals surface area contributed by atoms with Crippen LogP contribution in [0.1, 0.15) is 4.88 Å². The van der Waals surface area contributed by atoms with Gasteiger partial charge >= 0.3 is 5.97 Å². The van der Waals surface area contributed by atoms with Gasteiger partial charge in [0.25, 0.3) is 0 Å². The largest absolute Gasteiger partial charge is 0.477 e. The molecule has 72 valence electrons. The Hall–Kier alpha value is -0.640. The van der Waals surface area contributed by atoms with Crippen LogP contribution in [0.15, 0.2) is 19.9 Å². The van der Waals surface area contributed by atoms with E-state index in [1.807, 2.05) is 0 Å². The van der Waals surface area contributed by atoms with Gasteiger partial charge in [0.15, 0.2) is 0 Å². The average Bonchev–Trinajstić information content (AvgIpc) is 2.41. The lowest BCUT2D eigenvalue weighted by Gasteiger charge is -1.86. The number of rotatable bonds is 2. The topological polar surface area (TPSA) is 61.1 Å². The fraction of sp³-hybridized carbons (Fsp3) is 0. The number of halogens is 2. The van der Waals surface area contributed by atoms with Gasteiger partial charge in [0.2, 0.25) is 0 Å². The Kier molecular flexibility index (Phi) is 3.86. The van der Waals surface area contributed by atoms with Crippen LogP contribution in [0, 0.1) is 11.3 Å². The fourth-order valence-corrected chi connectivity index (χ4v) is 2.75. The van der Waals surface area contributed by atoms with Crippen molar-refractivity contribution in [3.05, 3.63) is 24.8 Å². The molecule has 1 rings (SSSR count). The van der Waals surface area contributed by atoms with Gasteiger partial charge in [-0.3, -0.25) is 0 Å². The Balaban J connectivity index is 3.08. The zero-order valence-corrected chi connectivity index (χ0v) is 10.6. The molecule has 0 aromatic carbocycles. The molecule has 14 heavy (non-hydrogen) atoms. The Morgan fingerprint density at radius 1 is 1.64 bits per heavy atom. The summed E-state index contributed by atoms with van der Waals surface area (Å²) in [4.78, 5) is 11.2. The van der Waals surface area contributed by atoms with Gasteiger partial charge in [-0.15, -0.1) is 11.3 Å². The third-order valence-corrected chi connectivity index (χ3v) is 4.50. The van der Waals surface area contributed by atoms with Gasteiger partial charge in [-0.05, 0) is 44.0 Å². The Bertz CT molecular complexity index is 425. The van der Waals surface area contributed by atoms with Gasteiger partial charge < -0.3 is 5.11 Å².